The van der Waals surface area contributed by atoms with E-state index in [1.54, 1.807) is 0 Å². The van der Waals surface area contributed by atoms with E-state index in [9.17, 15) is 14.9 Å². The van der Waals surface area contributed by atoms with Gasteiger partial charge in [0.25, 0.3) is 0 Å². The van der Waals surface area contributed by atoms with Gasteiger partial charge in [-0.1, -0.05) is 0 Å². The molecule has 0 aliphatic carbocycles. The minimum Gasteiger partial charge on any atom is -0.497 e. The Morgan fingerprint density at radius 1 is 1.42 bits per heavy atom. The van der Waals surface area contributed by atoms with E-state index in [0.29, 0.717) is 0 Å². The summed E-state index contributed by atoms with van der Waals surface area (Å²) in [5.74, 6) is -0.538. The second kappa shape index (κ2) is 6.79. The highest BCUT2D eigenvalue weighted by Gasteiger charge is 2.28. The molecule has 0 unspecified atom stereocenters. The van der Waals surface area contributed by atoms with Crippen molar-refractivity contribution in [2.75, 3.05) is 26.7 Å². The van der Waals surface area contributed by atoms with E-state index >= 15 is 0 Å². The van der Waals surface area contributed by atoms with Crippen molar-refractivity contribution in [3.05, 3.63) is 27.8 Å². The number of esters is 1. The molecule has 0 aromatic heterocycles. The second-order valence-electron chi connectivity index (χ2n) is 3.31. The molecular formula is C11H12ClNO6. The molecule has 0 atom stereocenters. The molecule has 0 spiro atoms. The Morgan fingerprint density at radius 3 is 2.58 bits per heavy atom. The Hall–Kier alpha value is -2.02. The van der Waals surface area contributed by atoms with E-state index in [1.807, 2.05) is 0 Å². The average molecular weight is 290 g/mol. The number of hydrogen-bond acceptors (Lipinski definition) is 6. The Morgan fingerprint density at radius 2 is 2.11 bits per heavy atom. The van der Waals surface area contributed by atoms with Crippen LogP contribution in [-0.2, 0) is 4.74 Å². The van der Waals surface area contributed by atoms with Gasteiger partial charge in [-0.05, 0) is 0 Å². The van der Waals surface area contributed by atoms with Crippen LogP contribution in [0.15, 0.2) is 12.1 Å². The Kier molecular flexibility index (Phi) is 5.37. The van der Waals surface area contributed by atoms with Crippen molar-refractivity contribution in [3.8, 4) is 11.5 Å². The average Bonchev–Trinajstić information content (AvgIpc) is 2.42. The molecule has 0 amide bonds. The summed E-state index contributed by atoms with van der Waals surface area (Å²) in [5, 5.41) is 11.1. The first-order valence-corrected chi connectivity index (χ1v) is 5.72. The fourth-order valence-electron chi connectivity index (χ4n) is 1.41. The lowest BCUT2D eigenvalue weighted by molar-refractivity contribution is -0.386. The molecule has 0 bridgehead atoms. The third-order valence-corrected chi connectivity index (χ3v) is 2.36. The maximum Gasteiger partial charge on any atom is 0.345 e. The van der Waals surface area contributed by atoms with Crippen LogP contribution in [0, 0.1) is 10.1 Å². The lowest BCUT2D eigenvalue weighted by atomic mass is 10.1. The van der Waals surface area contributed by atoms with E-state index in [4.69, 9.17) is 21.1 Å². The van der Waals surface area contributed by atoms with Crippen LogP contribution >= 0.6 is 11.6 Å². The van der Waals surface area contributed by atoms with Gasteiger partial charge in [0, 0.05) is 12.1 Å². The quantitative estimate of drug-likeness (QED) is 0.344. The zero-order valence-electron chi connectivity index (χ0n) is 10.3. The maximum atomic E-state index is 11.6. The topological polar surface area (TPSA) is 87.9 Å². The van der Waals surface area contributed by atoms with Crippen LogP contribution in [0.5, 0.6) is 11.5 Å². The van der Waals surface area contributed by atoms with Crippen molar-refractivity contribution >= 4 is 23.3 Å². The number of ether oxygens (including phenoxy) is 3. The fraction of sp³-hybridized carbons (Fsp3) is 0.364. The normalized spacial score (nSPS) is 9.84. The summed E-state index contributed by atoms with van der Waals surface area (Å²) in [6.07, 6.45) is 0. The van der Waals surface area contributed by atoms with Crippen molar-refractivity contribution < 1.29 is 23.9 Å². The van der Waals surface area contributed by atoms with Crippen LogP contribution in [0.2, 0.25) is 0 Å². The molecule has 0 aliphatic rings. The summed E-state index contributed by atoms with van der Waals surface area (Å²) >= 11 is 5.47. The van der Waals surface area contributed by atoms with Gasteiger partial charge in [-0.3, -0.25) is 10.1 Å². The third kappa shape index (κ3) is 3.47. The summed E-state index contributed by atoms with van der Waals surface area (Å²) in [6.45, 7) is 0.0657. The third-order valence-electron chi connectivity index (χ3n) is 2.21. The summed E-state index contributed by atoms with van der Waals surface area (Å²) in [6, 6.07) is 2.54. The molecule has 0 aliphatic heterocycles. The number of halogens is 1. The first-order chi connectivity index (χ1) is 9.04. The maximum absolute atomic E-state index is 11.6. The zero-order valence-corrected chi connectivity index (χ0v) is 11.1. The van der Waals surface area contributed by atoms with Crippen molar-refractivity contribution in [3.63, 3.8) is 0 Å². The molecule has 19 heavy (non-hydrogen) atoms. The zero-order chi connectivity index (χ0) is 14.4. The van der Waals surface area contributed by atoms with Crippen molar-refractivity contribution in [1.82, 2.24) is 0 Å². The van der Waals surface area contributed by atoms with Crippen molar-refractivity contribution in [2.45, 2.75) is 0 Å². The van der Waals surface area contributed by atoms with Crippen LogP contribution in [0.1, 0.15) is 10.4 Å². The smallest absolute Gasteiger partial charge is 0.345 e. The lowest BCUT2D eigenvalue weighted by Crippen LogP contribution is -2.09. The van der Waals surface area contributed by atoms with Crippen molar-refractivity contribution in [1.29, 1.82) is 0 Å². The highest BCUT2D eigenvalue weighted by atomic mass is 35.5. The number of carbonyl (C=O) groups is 1. The van der Waals surface area contributed by atoms with Crippen molar-refractivity contribution in [2.24, 2.45) is 0 Å². The molecule has 8 heteroatoms. The summed E-state index contributed by atoms with van der Waals surface area (Å²) < 4.78 is 14.6. The number of nitrogens with zero attached hydrogens (tertiary/aromatic N) is 1. The largest absolute Gasteiger partial charge is 0.497 e. The fourth-order valence-corrected chi connectivity index (χ4v) is 1.49. The Balaban J connectivity index is 3.41. The van der Waals surface area contributed by atoms with E-state index in [0.717, 1.165) is 7.11 Å². The Bertz CT molecular complexity index is 490. The van der Waals surface area contributed by atoms with Gasteiger partial charge in [-0.25, -0.2) is 4.79 Å². The summed E-state index contributed by atoms with van der Waals surface area (Å²) in [7, 11) is 2.50. The highest BCUT2D eigenvalue weighted by molar-refractivity contribution is 6.18. The summed E-state index contributed by atoms with van der Waals surface area (Å²) in [4.78, 5) is 21.9. The number of alkyl halides is 1. The molecule has 1 aromatic carbocycles. The van der Waals surface area contributed by atoms with Gasteiger partial charge in [-0.15, -0.1) is 11.6 Å². The highest BCUT2D eigenvalue weighted by Crippen LogP contribution is 2.35. The van der Waals surface area contributed by atoms with Crippen LogP contribution in [-0.4, -0.2) is 37.6 Å². The molecule has 104 valence electrons. The van der Waals surface area contributed by atoms with Crippen LogP contribution < -0.4 is 9.47 Å². The number of methoxy groups -OCH3 is 2. The Labute approximate surface area is 114 Å². The lowest BCUT2D eigenvalue weighted by Gasteiger charge is -2.10. The molecule has 0 fully saturated rings. The number of carbonyl (C=O) groups excluding carboxylic acids is 1. The molecule has 0 heterocycles. The van der Waals surface area contributed by atoms with Gasteiger partial charge in [0.2, 0.25) is 5.75 Å². The van der Waals surface area contributed by atoms with Crippen LogP contribution in [0.3, 0.4) is 0 Å². The van der Waals surface area contributed by atoms with Crippen LogP contribution in [0.25, 0.3) is 0 Å². The van der Waals surface area contributed by atoms with Crippen LogP contribution in [0.4, 0.5) is 5.69 Å². The van der Waals surface area contributed by atoms with E-state index in [-0.39, 0.29) is 29.5 Å². The number of nitro benzene ring substituents is 1. The SMILES string of the molecule is COC(=O)c1cc(OC)cc(OCCCl)c1[N+](=O)[O-]. The van der Waals surface area contributed by atoms with Gasteiger partial charge >= 0.3 is 11.7 Å². The van der Waals surface area contributed by atoms with Gasteiger partial charge in [0.05, 0.1) is 25.0 Å². The molecule has 7 nitrogen and oxygen atoms in total. The number of benzene rings is 1. The van der Waals surface area contributed by atoms with Gasteiger partial charge < -0.3 is 14.2 Å². The van der Waals surface area contributed by atoms with E-state index in [1.165, 1.54) is 19.2 Å². The monoisotopic (exact) mass is 289 g/mol. The predicted molar refractivity (Wildman–Crippen MR) is 67.2 cm³/mol. The second-order valence-corrected chi connectivity index (χ2v) is 3.69. The standard InChI is InChI=1S/C11H12ClNO6/c1-17-7-5-8(11(14)18-2)10(13(15)16)9(6-7)19-4-3-12/h5-6H,3-4H2,1-2H3. The molecular weight excluding hydrogens is 278 g/mol. The molecule has 1 rings (SSSR count). The van der Waals surface area contributed by atoms with Gasteiger partial charge in [-0.2, -0.15) is 0 Å². The minimum absolute atomic E-state index is 0.0657. The molecule has 0 saturated heterocycles. The number of rotatable bonds is 6. The first kappa shape index (κ1) is 15.0. The first-order valence-electron chi connectivity index (χ1n) is 5.18. The molecule has 0 radical (unpaired) electrons. The summed E-state index contributed by atoms with van der Waals surface area (Å²) in [5.41, 5.74) is -0.714. The van der Waals surface area contributed by atoms with Gasteiger partial charge in [0.15, 0.2) is 0 Å². The number of hydrogen-bond donors (Lipinski definition) is 0. The van der Waals surface area contributed by atoms with E-state index < -0.39 is 16.6 Å². The molecule has 0 N–H and O–H groups in total. The number of nitro groups is 1. The van der Waals surface area contributed by atoms with Gasteiger partial charge in [0.1, 0.15) is 17.9 Å². The molecule has 1 aromatic rings. The van der Waals surface area contributed by atoms with E-state index in [2.05, 4.69) is 4.74 Å². The molecule has 0 saturated carbocycles. The predicted octanol–water partition coefficient (Wildman–Crippen LogP) is 2.01. The minimum atomic E-state index is -0.846.